The molecule has 0 aromatic carbocycles. The van der Waals surface area contributed by atoms with E-state index in [-0.39, 0.29) is 12.6 Å². The van der Waals surface area contributed by atoms with Gasteiger partial charge in [0.05, 0.1) is 17.3 Å². The van der Waals surface area contributed by atoms with Crippen molar-refractivity contribution in [3.05, 3.63) is 29.1 Å². The second-order valence-electron chi connectivity index (χ2n) is 6.31. The third-order valence-corrected chi connectivity index (χ3v) is 3.36. The van der Waals surface area contributed by atoms with Crippen LogP contribution in [-0.2, 0) is 4.74 Å². The number of aliphatic hydroxyl groups is 1. The predicted octanol–water partition coefficient (Wildman–Crippen LogP) is 2.94. The van der Waals surface area contributed by atoms with Crippen molar-refractivity contribution in [3.63, 3.8) is 0 Å². The summed E-state index contributed by atoms with van der Waals surface area (Å²) in [4.78, 5) is 18.2. The number of aliphatic hydroxyl groups excluding tert-OH is 1. The highest BCUT2D eigenvalue weighted by Gasteiger charge is 2.28. The van der Waals surface area contributed by atoms with Gasteiger partial charge in [-0.25, -0.2) is 4.79 Å². The van der Waals surface area contributed by atoms with Crippen LogP contribution >= 0.6 is 0 Å². The first-order valence-electron chi connectivity index (χ1n) is 7.70. The van der Waals surface area contributed by atoms with Crippen LogP contribution in [0.1, 0.15) is 57.0 Å². The van der Waals surface area contributed by atoms with Gasteiger partial charge in [-0.2, -0.15) is 5.26 Å². The van der Waals surface area contributed by atoms with Crippen LogP contribution in [-0.4, -0.2) is 39.8 Å². The highest BCUT2D eigenvalue weighted by atomic mass is 16.6. The summed E-state index contributed by atoms with van der Waals surface area (Å²) in [6, 6.07) is 3.43. The van der Waals surface area contributed by atoms with Crippen LogP contribution < -0.4 is 0 Å². The molecule has 1 amide bonds. The van der Waals surface area contributed by atoms with Crippen molar-refractivity contribution in [2.24, 2.45) is 0 Å². The van der Waals surface area contributed by atoms with Crippen LogP contribution in [0.3, 0.4) is 0 Å². The summed E-state index contributed by atoms with van der Waals surface area (Å²) in [6.07, 6.45) is 1.55. The molecule has 1 atom stereocenters. The zero-order chi connectivity index (χ0) is 17.6. The van der Waals surface area contributed by atoms with Crippen LogP contribution in [0, 0.1) is 18.3 Å². The molecule has 6 nitrogen and oxygen atoms in total. The molecule has 126 valence electrons. The summed E-state index contributed by atoms with van der Waals surface area (Å²) in [5.74, 6) is 0. The number of hydrogen-bond donors (Lipinski definition) is 1. The number of carbonyl (C=O) groups excluding carboxylic acids is 1. The summed E-state index contributed by atoms with van der Waals surface area (Å²) in [5, 5.41) is 18.5. The smallest absolute Gasteiger partial charge is 0.410 e. The van der Waals surface area contributed by atoms with E-state index in [0.29, 0.717) is 29.8 Å². The molecule has 0 saturated heterocycles. The maximum atomic E-state index is 12.4. The van der Waals surface area contributed by atoms with Gasteiger partial charge in [-0.05, 0) is 52.7 Å². The number of amides is 1. The minimum Gasteiger partial charge on any atom is -0.444 e. The first-order chi connectivity index (χ1) is 10.7. The fourth-order valence-electron chi connectivity index (χ4n) is 2.27. The van der Waals surface area contributed by atoms with Gasteiger partial charge in [0.2, 0.25) is 0 Å². The maximum absolute atomic E-state index is 12.4. The molecule has 1 aromatic rings. The standard InChI is InChI=1S/C17H25N3O3/c1-6-20(16(22)23-17(3,4)5)15(7-8-21)14-9-13(10-18)12(2)19-11-14/h9,11,15,21H,6-8H2,1-5H3/t15-/m0/s1. The van der Waals surface area contributed by atoms with Gasteiger partial charge in [0, 0.05) is 19.3 Å². The zero-order valence-electron chi connectivity index (χ0n) is 14.5. The summed E-state index contributed by atoms with van der Waals surface area (Å²) in [7, 11) is 0. The molecule has 1 heterocycles. The Kier molecular flexibility index (Phi) is 6.52. The summed E-state index contributed by atoms with van der Waals surface area (Å²) < 4.78 is 5.44. The third kappa shape index (κ3) is 5.22. The van der Waals surface area contributed by atoms with E-state index < -0.39 is 11.7 Å². The molecule has 0 aliphatic heterocycles. The van der Waals surface area contributed by atoms with Crippen LogP contribution in [0.25, 0.3) is 0 Å². The highest BCUT2D eigenvalue weighted by molar-refractivity contribution is 5.69. The van der Waals surface area contributed by atoms with Crippen molar-refractivity contribution < 1.29 is 14.6 Å². The number of rotatable bonds is 5. The minimum atomic E-state index is -0.600. The van der Waals surface area contributed by atoms with Gasteiger partial charge in [0.15, 0.2) is 0 Å². The molecule has 1 aromatic heterocycles. The zero-order valence-corrected chi connectivity index (χ0v) is 14.5. The largest absolute Gasteiger partial charge is 0.444 e. The third-order valence-electron chi connectivity index (χ3n) is 3.36. The van der Waals surface area contributed by atoms with Crippen molar-refractivity contribution in [1.82, 2.24) is 9.88 Å². The molecule has 0 aliphatic carbocycles. The normalized spacial score (nSPS) is 12.4. The molecule has 1 N–H and O–H groups in total. The molecule has 0 spiro atoms. The first-order valence-corrected chi connectivity index (χ1v) is 7.70. The van der Waals surface area contributed by atoms with Crippen molar-refractivity contribution in [1.29, 1.82) is 5.26 Å². The number of nitriles is 1. The Labute approximate surface area is 137 Å². The Bertz CT molecular complexity index is 588. The predicted molar refractivity (Wildman–Crippen MR) is 86.7 cm³/mol. The van der Waals surface area contributed by atoms with E-state index in [9.17, 15) is 9.90 Å². The minimum absolute atomic E-state index is 0.0836. The van der Waals surface area contributed by atoms with Gasteiger partial charge in [-0.15, -0.1) is 0 Å². The topological polar surface area (TPSA) is 86.5 Å². The summed E-state index contributed by atoms with van der Waals surface area (Å²) in [5.41, 5.74) is 1.22. The molecule has 0 aliphatic rings. The molecule has 23 heavy (non-hydrogen) atoms. The quantitative estimate of drug-likeness (QED) is 0.901. The van der Waals surface area contributed by atoms with Crippen molar-refractivity contribution in [2.45, 2.75) is 52.7 Å². The summed E-state index contributed by atoms with van der Waals surface area (Å²) >= 11 is 0. The Hall–Kier alpha value is -2.13. The Balaban J connectivity index is 3.17. The SMILES string of the molecule is CCN(C(=O)OC(C)(C)C)[C@@H](CCO)c1cnc(C)c(C#N)c1. The van der Waals surface area contributed by atoms with E-state index in [0.717, 1.165) is 0 Å². The molecule has 1 rings (SSSR count). The van der Waals surface area contributed by atoms with Crippen molar-refractivity contribution in [2.75, 3.05) is 13.2 Å². The van der Waals surface area contributed by atoms with Crippen molar-refractivity contribution in [3.8, 4) is 6.07 Å². The lowest BCUT2D eigenvalue weighted by Crippen LogP contribution is -2.39. The van der Waals surface area contributed by atoms with E-state index in [4.69, 9.17) is 10.00 Å². The highest BCUT2D eigenvalue weighted by Crippen LogP contribution is 2.26. The second kappa shape index (κ2) is 7.93. The Morgan fingerprint density at radius 1 is 1.52 bits per heavy atom. The average Bonchev–Trinajstić information content (AvgIpc) is 2.46. The number of hydrogen-bond acceptors (Lipinski definition) is 5. The van der Waals surface area contributed by atoms with Gasteiger partial charge in [-0.3, -0.25) is 4.98 Å². The lowest BCUT2D eigenvalue weighted by Gasteiger charge is -2.33. The maximum Gasteiger partial charge on any atom is 0.410 e. The van der Waals surface area contributed by atoms with Crippen LogP contribution in [0.2, 0.25) is 0 Å². The van der Waals surface area contributed by atoms with Gasteiger partial charge in [0.25, 0.3) is 0 Å². The number of aryl methyl sites for hydroxylation is 1. The molecule has 0 saturated carbocycles. The van der Waals surface area contributed by atoms with Gasteiger partial charge in [0.1, 0.15) is 11.7 Å². The molecule has 0 radical (unpaired) electrons. The van der Waals surface area contributed by atoms with Gasteiger partial charge in [-0.1, -0.05) is 0 Å². The van der Waals surface area contributed by atoms with E-state index >= 15 is 0 Å². The number of aromatic nitrogens is 1. The van der Waals surface area contributed by atoms with Gasteiger partial charge < -0.3 is 14.7 Å². The van der Waals surface area contributed by atoms with E-state index in [1.807, 2.05) is 6.92 Å². The summed E-state index contributed by atoms with van der Waals surface area (Å²) in [6.45, 7) is 9.37. The lowest BCUT2D eigenvalue weighted by atomic mass is 10.0. The number of carbonyl (C=O) groups is 1. The molecular weight excluding hydrogens is 294 g/mol. The van der Waals surface area contributed by atoms with Crippen LogP contribution in [0.4, 0.5) is 4.79 Å². The van der Waals surface area contributed by atoms with E-state index in [1.165, 1.54) is 0 Å². The van der Waals surface area contributed by atoms with Crippen LogP contribution in [0.15, 0.2) is 12.3 Å². The van der Waals surface area contributed by atoms with Crippen LogP contribution in [0.5, 0.6) is 0 Å². The number of pyridine rings is 1. The molecule has 6 heteroatoms. The molecule has 0 fully saturated rings. The molecular formula is C17H25N3O3. The van der Waals surface area contributed by atoms with Crippen molar-refractivity contribution >= 4 is 6.09 Å². The Morgan fingerprint density at radius 3 is 2.65 bits per heavy atom. The average molecular weight is 319 g/mol. The monoisotopic (exact) mass is 319 g/mol. The van der Waals surface area contributed by atoms with E-state index in [2.05, 4.69) is 11.1 Å². The Morgan fingerprint density at radius 2 is 2.17 bits per heavy atom. The fraction of sp³-hybridized carbons (Fsp3) is 0.588. The van der Waals surface area contributed by atoms with Gasteiger partial charge >= 0.3 is 6.09 Å². The fourth-order valence-corrected chi connectivity index (χ4v) is 2.27. The number of nitrogens with zero attached hydrogens (tertiary/aromatic N) is 3. The van der Waals surface area contributed by atoms with E-state index in [1.54, 1.807) is 44.9 Å². The second-order valence-corrected chi connectivity index (χ2v) is 6.31. The lowest BCUT2D eigenvalue weighted by molar-refractivity contribution is 0.0146. The molecule has 0 bridgehead atoms. The molecule has 0 unspecified atom stereocenters. The first kappa shape index (κ1) is 18.9. The number of ether oxygens (including phenoxy) is 1.